The van der Waals surface area contributed by atoms with E-state index in [1.165, 1.54) is 6.29 Å². The fraction of sp³-hybridized carbons (Fsp3) is 0.125. The predicted molar refractivity (Wildman–Crippen MR) is 47.6 cm³/mol. The summed E-state index contributed by atoms with van der Waals surface area (Å²) < 4.78 is 0. The standard InChI is InChI=1S/C8H8N3O2/c9-8-3-1-2-7(11-8)6-13-10-4-5-12/h1-4H,6H2,(H2,9,11)/b10-4-. The van der Waals surface area contributed by atoms with Crippen molar-refractivity contribution in [2.45, 2.75) is 6.61 Å². The maximum absolute atomic E-state index is 9.68. The van der Waals surface area contributed by atoms with Gasteiger partial charge in [-0.1, -0.05) is 11.2 Å². The number of aromatic nitrogens is 1. The summed E-state index contributed by atoms with van der Waals surface area (Å²) in [6, 6.07) is 5.18. The molecule has 0 atom stereocenters. The monoisotopic (exact) mass is 178 g/mol. The van der Waals surface area contributed by atoms with Crippen LogP contribution in [0.15, 0.2) is 23.4 Å². The maximum atomic E-state index is 9.68. The van der Waals surface area contributed by atoms with Gasteiger partial charge in [-0.3, -0.25) is 4.79 Å². The Morgan fingerprint density at radius 2 is 2.54 bits per heavy atom. The Labute approximate surface area is 75.2 Å². The van der Waals surface area contributed by atoms with Gasteiger partial charge in [0.1, 0.15) is 12.0 Å². The van der Waals surface area contributed by atoms with E-state index < -0.39 is 0 Å². The summed E-state index contributed by atoms with van der Waals surface area (Å²) in [4.78, 5) is 18.3. The molecule has 1 rings (SSSR count). The quantitative estimate of drug-likeness (QED) is 0.530. The first-order chi connectivity index (χ1) is 6.33. The number of nitrogen functional groups attached to an aromatic ring is 1. The minimum Gasteiger partial charge on any atom is -0.389 e. The van der Waals surface area contributed by atoms with Crippen molar-refractivity contribution in [2.75, 3.05) is 5.73 Å². The molecule has 0 bridgehead atoms. The zero-order valence-electron chi connectivity index (χ0n) is 6.80. The zero-order valence-corrected chi connectivity index (χ0v) is 6.80. The predicted octanol–water partition coefficient (Wildman–Crippen LogP) is 0.276. The van der Waals surface area contributed by atoms with Gasteiger partial charge in [0.15, 0.2) is 6.61 Å². The summed E-state index contributed by atoms with van der Waals surface area (Å²) in [6.07, 6.45) is 2.35. The van der Waals surface area contributed by atoms with Gasteiger partial charge in [0.2, 0.25) is 6.29 Å². The Kier molecular flexibility index (Phi) is 3.44. The summed E-state index contributed by atoms with van der Waals surface area (Å²) in [5.41, 5.74) is 6.08. The summed E-state index contributed by atoms with van der Waals surface area (Å²) in [6.45, 7) is 0.184. The lowest BCUT2D eigenvalue weighted by Crippen LogP contribution is -1.96. The van der Waals surface area contributed by atoms with Crippen molar-refractivity contribution < 1.29 is 9.63 Å². The van der Waals surface area contributed by atoms with Gasteiger partial charge in [-0.05, 0) is 12.1 Å². The number of hydrogen-bond acceptors (Lipinski definition) is 5. The van der Waals surface area contributed by atoms with E-state index in [2.05, 4.69) is 10.1 Å². The minimum atomic E-state index is 0.184. The average Bonchev–Trinajstić information content (AvgIpc) is 2.13. The minimum absolute atomic E-state index is 0.184. The fourth-order valence-corrected chi connectivity index (χ4v) is 0.741. The molecule has 5 nitrogen and oxygen atoms in total. The van der Waals surface area contributed by atoms with Crippen molar-refractivity contribution in [2.24, 2.45) is 5.16 Å². The molecule has 0 aliphatic rings. The molecule has 2 N–H and O–H groups in total. The molecule has 0 amide bonds. The third-order valence-corrected chi connectivity index (χ3v) is 1.22. The zero-order chi connectivity index (χ0) is 9.52. The molecular formula is C8H8N3O2. The maximum Gasteiger partial charge on any atom is 0.248 e. The number of anilines is 1. The molecule has 67 valence electrons. The van der Waals surface area contributed by atoms with Crippen LogP contribution in [0, 0.1) is 0 Å². The van der Waals surface area contributed by atoms with Crippen molar-refractivity contribution in [3.05, 3.63) is 23.9 Å². The van der Waals surface area contributed by atoms with Crippen LogP contribution in [0.5, 0.6) is 0 Å². The van der Waals surface area contributed by atoms with Gasteiger partial charge in [-0.2, -0.15) is 0 Å². The van der Waals surface area contributed by atoms with Gasteiger partial charge in [0, 0.05) is 0 Å². The molecule has 1 aromatic heterocycles. The molecule has 0 fully saturated rings. The van der Waals surface area contributed by atoms with Gasteiger partial charge in [-0.15, -0.1) is 0 Å². The summed E-state index contributed by atoms with van der Waals surface area (Å²) >= 11 is 0. The first-order valence-corrected chi connectivity index (χ1v) is 3.56. The Hall–Kier alpha value is -1.91. The molecule has 0 spiro atoms. The van der Waals surface area contributed by atoms with Crippen molar-refractivity contribution >= 4 is 18.3 Å². The van der Waals surface area contributed by atoms with E-state index in [9.17, 15) is 4.79 Å². The number of rotatable bonds is 4. The van der Waals surface area contributed by atoms with Crippen LogP contribution in [0.2, 0.25) is 0 Å². The van der Waals surface area contributed by atoms with E-state index in [4.69, 9.17) is 10.6 Å². The number of hydrogen-bond donors (Lipinski definition) is 1. The molecule has 0 aliphatic heterocycles. The molecule has 13 heavy (non-hydrogen) atoms. The van der Waals surface area contributed by atoms with Crippen LogP contribution in [-0.2, 0) is 16.2 Å². The van der Waals surface area contributed by atoms with Crippen LogP contribution in [0.3, 0.4) is 0 Å². The first kappa shape index (κ1) is 9.18. The largest absolute Gasteiger partial charge is 0.389 e. The summed E-state index contributed by atoms with van der Waals surface area (Å²) in [7, 11) is 0. The molecule has 1 aromatic rings. The highest BCUT2D eigenvalue weighted by atomic mass is 16.6. The highest BCUT2D eigenvalue weighted by molar-refractivity contribution is 6.13. The van der Waals surface area contributed by atoms with E-state index in [1.54, 1.807) is 18.2 Å². The third kappa shape index (κ3) is 3.33. The topological polar surface area (TPSA) is 77.6 Å². The Bertz CT molecular complexity index is 312. The van der Waals surface area contributed by atoms with Gasteiger partial charge < -0.3 is 10.6 Å². The normalized spacial score (nSPS) is 10.2. The molecule has 5 heteroatoms. The second-order valence-corrected chi connectivity index (χ2v) is 2.18. The van der Waals surface area contributed by atoms with Crippen LogP contribution in [0.4, 0.5) is 5.82 Å². The molecule has 0 saturated heterocycles. The van der Waals surface area contributed by atoms with Gasteiger partial charge in [0.05, 0.1) is 5.69 Å². The van der Waals surface area contributed by atoms with E-state index >= 15 is 0 Å². The third-order valence-electron chi connectivity index (χ3n) is 1.22. The summed E-state index contributed by atoms with van der Waals surface area (Å²) in [5, 5.41) is 3.29. The molecule has 0 saturated carbocycles. The van der Waals surface area contributed by atoms with E-state index in [0.717, 1.165) is 6.21 Å². The van der Waals surface area contributed by atoms with E-state index in [0.29, 0.717) is 11.5 Å². The smallest absolute Gasteiger partial charge is 0.248 e. The Morgan fingerprint density at radius 3 is 3.23 bits per heavy atom. The highest BCUT2D eigenvalue weighted by Crippen LogP contribution is 2.01. The number of nitrogens with two attached hydrogens (primary N) is 1. The average molecular weight is 178 g/mol. The van der Waals surface area contributed by atoms with Crippen LogP contribution < -0.4 is 5.73 Å². The Morgan fingerprint density at radius 1 is 1.69 bits per heavy atom. The van der Waals surface area contributed by atoms with Crippen molar-refractivity contribution in [3.8, 4) is 0 Å². The second-order valence-electron chi connectivity index (χ2n) is 2.18. The number of oxime groups is 1. The molecule has 0 aliphatic carbocycles. The number of carbonyl (C=O) groups excluding carboxylic acids is 1. The molecule has 0 unspecified atom stereocenters. The SMILES string of the molecule is Nc1cccc(CO/N=C\[C]=O)n1. The Balaban J connectivity index is 2.45. The van der Waals surface area contributed by atoms with Gasteiger partial charge in [0.25, 0.3) is 0 Å². The van der Waals surface area contributed by atoms with Crippen LogP contribution in [0.25, 0.3) is 0 Å². The van der Waals surface area contributed by atoms with Crippen molar-refractivity contribution in [1.29, 1.82) is 0 Å². The van der Waals surface area contributed by atoms with Crippen molar-refractivity contribution in [1.82, 2.24) is 4.98 Å². The van der Waals surface area contributed by atoms with E-state index in [-0.39, 0.29) is 6.61 Å². The first-order valence-electron chi connectivity index (χ1n) is 3.56. The number of pyridine rings is 1. The van der Waals surface area contributed by atoms with Crippen LogP contribution in [-0.4, -0.2) is 17.5 Å². The van der Waals surface area contributed by atoms with E-state index in [1.807, 2.05) is 0 Å². The molecule has 1 heterocycles. The van der Waals surface area contributed by atoms with Crippen molar-refractivity contribution in [3.63, 3.8) is 0 Å². The molecular weight excluding hydrogens is 170 g/mol. The fourth-order valence-electron chi connectivity index (χ4n) is 0.741. The van der Waals surface area contributed by atoms with Crippen LogP contribution >= 0.6 is 0 Å². The highest BCUT2D eigenvalue weighted by Gasteiger charge is 1.93. The van der Waals surface area contributed by atoms with Gasteiger partial charge >= 0.3 is 0 Å². The van der Waals surface area contributed by atoms with Gasteiger partial charge in [-0.25, -0.2) is 4.98 Å². The number of nitrogens with zero attached hydrogens (tertiary/aromatic N) is 2. The molecule has 0 aromatic carbocycles. The lowest BCUT2D eigenvalue weighted by Gasteiger charge is -1.98. The second kappa shape index (κ2) is 4.87. The lowest BCUT2D eigenvalue weighted by molar-refractivity contribution is 0.129. The van der Waals surface area contributed by atoms with Crippen LogP contribution in [0.1, 0.15) is 5.69 Å². The lowest BCUT2D eigenvalue weighted by atomic mass is 10.3. The molecule has 1 radical (unpaired) electrons. The summed E-state index contributed by atoms with van der Waals surface area (Å²) in [5.74, 6) is 0.423.